The van der Waals surface area contributed by atoms with Crippen LogP contribution in [0.2, 0.25) is 0 Å². The maximum absolute atomic E-state index is 5.12. The zero-order valence-electron chi connectivity index (χ0n) is 25.7. The molecule has 2 fully saturated rings. The summed E-state index contributed by atoms with van der Waals surface area (Å²) in [6.45, 7) is 21.3. The van der Waals surface area contributed by atoms with Crippen molar-refractivity contribution in [3.63, 3.8) is 0 Å². The third kappa shape index (κ3) is 7.11. The average molecular weight is 549 g/mol. The van der Waals surface area contributed by atoms with Crippen molar-refractivity contribution in [2.45, 2.75) is 85.4 Å². The molecule has 216 valence electrons. The van der Waals surface area contributed by atoms with Crippen LogP contribution in [0, 0.1) is 19.8 Å². The molecule has 0 bridgehead atoms. The number of hydrogen-bond acceptors (Lipinski definition) is 3. The number of imidazole rings is 1. The van der Waals surface area contributed by atoms with Crippen molar-refractivity contribution >= 4 is 17.1 Å². The van der Waals surface area contributed by atoms with Gasteiger partial charge < -0.3 is 9.47 Å². The summed E-state index contributed by atoms with van der Waals surface area (Å²) in [5.41, 5.74) is 10.2. The van der Waals surface area contributed by atoms with Crippen LogP contribution in [0.25, 0.3) is 17.1 Å². The number of fused-ring (bicyclic) bond motifs is 1. The number of rotatable bonds is 11. The summed E-state index contributed by atoms with van der Waals surface area (Å²) in [5.74, 6) is 1.96. The van der Waals surface area contributed by atoms with Crippen LogP contribution < -0.4 is 0 Å². The second kappa shape index (κ2) is 13.1. The summed E-state index contributed by atoms with van der Waals surface area (Å²) in [6.07, 6.45) is 15.9. The normalized spacial score (nSPS) is 18.8. The second-order valence-corrected chi connectivity index (χ2v) is 12.5. The molecule has 3 aromatic rings. The molecule has 1 aliphatic heterocycles. The zero-order valence-corrected chi connectivity index (χ0v) is 25.7. The van der Waals surface area contributed by atoms with Gasteiger partial charge in [0.25, 0.3) is 0 Å². The van der Waals surface area contributed by atoms with Crippen LogP contribution in [0.5, 0.6) is 0 Å². The lowest BCUT2D eigenvalue weighted by molar-refractivity contribution is 0.0687. The Kier molecular flexibility index (Phi) is 9.29. The highest BCUT2D eigenvalue weighted by Crippen LogP contribution is 2.31. The van der Waals surface area contributed by atoms with Crippen molar-refractivity contribution < 1.29 is 0 Å². The molecule has 1 unspecified atom stereocenters. The van der Waals surface area contributed by atoms with E-state index in [4.69, 9.17) is 4.98 Å². The maximum atomic E-state index is 5.12. The van der Waals surface area contributed by atoms with E-state index in [0.717, 1.165) is 68.3 Å². The minimum absolute atomic E-state index is 0.474. The fourth-order valence-corrected chi connectivity index (χ4v) is 6.19. The zero-order chi connectivity index (χ0) is 28.9. The molecule has 1 saturated heterocycles. The van der Waals surface area contributed by atoms with Crippen LogP contribution in [0.3, 0.4) is 0 Å². The Labute approximate surface area is 247 Å². The maximum Gasteiger partial charge on any atom is 0.124 e. The summed E-state index contributed by atoms with van der Waals surface area (Å²) in [6, 6.07) is 13.8. The number of hydrogen-bond donors (Lipinski definition) is 0. The van der Waals surface area contributed by atoms with Gasteiger partial charge in [0, 0.05) is 24.8 Å². The Balaban J connectivity index is 1.22. The molecule has 0 radical (unpaired) electrons. The molecule has 1 aliphatic carbocycles. The number of benzene rings is 2. The molecule has 0 spiro atoms. The van der Waals surface area contributed by atoms with Gasteiger partial charge in [-0.15, -0.1) is 0 Å². The fraction of sp³-hybridized carbons (Fsp3) is 0.432. The summed E-state index contributed by atoms with van der Waals surface area (Å²) >= 11 is 0. The van der Waals surface area contributed by atoms with Gasteiger partial charge in [0.2, 0.25) is 0 Å². The van der Waals surface area contributed by atoms with Crippen molar-refractivity contribution in [2.24, 2.45) is 5.92 Å². The van der Waals surface area contributed by atoms with E-state index in [1.165, 1.54) is 52.9 Å². The number of allylic oxidation sites excluding steroid dienone is 4. The lowest BCUT2D eigenvalue weighted by atomic mass is 9.85. The van der Waals surface area contributed by atoms with Gasteiger partial charge in [0.15, 0.2) is 0 Å². The Bertz CT molecular complexity index is 1450. The second-order valence-electron chi connectivity index (χ2n) is 12.5. The monoisotopic (exact) mass is 548 g/mol. The fourth-order valence-electron chi connectivity index (χ4n) is 6.19. The molecule has 41 heavy (non-hydrogen) atoms. The number of aromatic nitrogens is 2. The van der Waals surface area contributed by atoms with Gasteiger partial charge >= 0.3 is 0 Å². The third-order valence-corrected chi connectivity index (χ3v) is 9.19. The molecular weight excluding hydrogens is 500 g/mol. The molecule has 2 heterocycles. The van der Waals surface area contributed by atoms with Gasteiger partial charge in [-0.1, -0.05) is 73.2 Å². The summed E-state index contributed by atoms with van der Waals surface area (Å²) in [7, 11) is 0. The first-order chi connectivity index (χ1) is 19.8. The first kappa shape index (κ1) is 29.1. The van der Waals surface area contributed by atoms with E-state index in [9.17, 15) is 0 Å². The topological polar surface area (TPSA) is 24.3 Å². The SMILES string of the molecule is C=Cc1ccc2nc(CN3CCC(C)N(C(=C)/C=C\C=C(/C)CCc4ccc(C)cc4C)C3)n(CC3CCC3)c2c1. The van der Waals surface area contributed by atoms with Crippen LogP contribution in [-0.4, -0.2) is 38.6 Å². The molecule has 1 saturated carbocycles. The minimum Gasteiger partial charge on any atom is -0.356 e. The van der Waals surface area contributed by atoms with Gasteiger partial charge in [-0.05, 0) is 101 Å². The van der Waals surface area contributed by atoms with E-state index in [-0.39, 0.29) is 0 Å². The third-order valence-electron chi connectivity index (χ3n) is 9.19. The van der Waals surface area contributed by atoms with E-state index in [2.05, 4.69) is 110 Å². The Morgan fingerprint density at radius 3 is 2.66 bits per heavy atom. The highest BCUT2D eigenvalue weighted by molar-refractivity contribution is 5.79. The number of aryl methyl sites for hydroxylation is 3. The molecular formula is C37H48N4. The van der Waals surface area contributed by atoms with E-state index >= 15 is 0 Å². The molecule has 1 aromatic heterocycles. The van der Waals surface area contributed by atoms with Crippen molar-refractivity contribution in [3.8, 4) is 0 Å². The van der Waals surface area contributed by atoms with E-state index in [1.807, 2.05) is 6.08 Å². The van der Waals surface area contributed by atoms with Crippen LogP contribution in [0.1, 0.15) is 74.0 Å². The van der Waals surface area contributed by atoms with Gasteiger partial charge in [-0.2, -0.15) is 0 Å². The van der Waals surface area contributed by atoms with Crippen molar-refractivity contribution in [3.05, 3.63) is 107 Å². The average Bonchev–Trinajstić information content (AvgIpc) is 3.26. The molecule has 0 amide bonds. The van der Waals surface area contributed by atoms with Crippen molar-refractivity contribution in [1.82, 2.24) is 19.4 Å². The Morgan fingerprint density at radius 1 is 1.10 bits per heavy atom. The highest BCUT2D eigenvalue weighted by atomic mass is 15.4. The molecule has 2 aliphatic rings. The molecule has 5 rings (SSSR count). The van der Waals surface area contributed by atoms with Gasteiger partial charge in [0.1, 0.15) is 5.82 Å². The molecule has 4 heteroatoms. The molecule has 2 aromatic carbocycles. The number of nitrogens with zero attached hydrogens (tertiary/aromatic N) is 4. The molecule has 0 N–H and O–H groups in total. The van der Waals surface area contributed by atoms with E-state index in [0.29, 0.717) is 6.04 Å². The predicted molar refractivity (Wildman–Crippen MR) is 175 cm³/mol. The van der Waals surface area contributed by atoms with Crippen molar-refractivity contribution in [1.29, 1.82) is 0 Å². The standard InChI is InChI=1S/C37H48N4/c1-7-32-16-19-35-36(23-32)40(24-33-12-9-13-33)37(38-35)25-39-21-20-31(6)41(26-39)30(5)11-8-10-27(2)14-17-34-18-15-28(3)22-29(34)4/h7-8,10-11,15-16,18-19,22-23,31,33H,1,5,9,12-14,17,20-21,24-26H2,2-4,6H3/b11-8-,27-10+. The summed E-state index contributed by atoms with van der Waals surface area (Å²) < 4.78 is 2.49. The summed E-state index contributed by atoms with van der Waals surface area (Å²) in [5, 5.41) is 0. The molecule has 1 atom stereocenters. The van der Waals surface area contributed by atoms with Crippen LogP contribution in [-0.2, 0) is 19.5 Å². The lowest BCUT2D eigenvalue weighted by Crippen LogP contribution is -2.48. The highest BCUT2D eigenvalue weighted by Gasteiger charge is 2.26. The van der Waals surface area contributed by atoms with Crippen molar-refractivity contribution in [2.75, 3.05) is 13.2 Å². The van der Waals surface area contributed by atoms with E-state index < -0.39 is 0 Å². The Hall–Kier alpha value is -3.37. The summed E-state index contributed by atoms with van der Waals surface area (Å²) in [4.78, 5) is 10.1. The van der Waals surface area contributed by atoms with Crippen LogP contribution >= 0.6 is 0 Å². The Morgan fingerprint density at radius 2 is 1.93 bits per heavy atom. The van der Waals surface area contributed by atoms with Crippen LogP contribution in [0.4, 0.5) is 0 Å². The predicted octanol–water partition coefficient (Wildman–Crippen LogP) is 8.60. The first-order valence-electron chi connectivity index (χ1n) is 15.5. The van der Waals surface area contributed by atoms with Gasteiger partial charge in [0.05, 0.1) is 24.2 Å². The minimum atomic E-state index is 0.474. The largest absolute Gasteiger partial charge is 0.356 e. The van der Waals surface area contributed by atoms with Gasteiger partial charge in [-0.3, -0.25) is 4.90 Å². The van der Waals surface area contributed by atoms with Gasteiger partial charge in [-0.25, -0.2) is 4.98 Å². The molecule has 4 nitrogen and oxygen atoms in total. The quantitative estimate of drug-likeness (QED) is 0.224. The smallest absolute Gasteiger partial charge is 0.124 e. The first-order valence-corrected chi connectivity index (χ1v) is 15.5. The lowest BCUT2D eigenvalue weighted by Gasteiger charge is -2.42. The van der Waals surface area contributed by atoms with E-state index in [1.54, 1.807) is 0 Å². The van der Waals surface area contributed by atoms with Crippen LogP contribution in [0.15, 0.2) is 79.1 Å².